The zero-order chi connectivity index (χ0) is 97.3. The second-order valence-corrected chi connectivity index (χ2v) is 36.6. The molecule has 4 N–H and O–H groups in total. The van der Waals surface area contributed by atoms with E-state index in [-0.39, 0.29) is 32.7 Å². The summed E-state index contributed by atoms with van der Waals surface area (Å²) in [5, 5.41) is 84.4. The van der Waals surface area contributed by atoms with E-state index in [0.29, 0.717) is 153 Å². The van der Waals surface area contributed by atoms with E-state index in [1.165, 1.54) is 54.4 Å². The number of aliphatic hydroxyl groups is 4. The van der Waals surface area contributed by atoms with Gasteiger partial charge in [-0.2, -0.15) is 26.3 Å². The Hall–Kier alpha value is -12.3. The topological polar surface area (TPSA) is 334 Å². The Morgan fingerprint density at radius 2 is 0.691 bits per heavy atom. The van der Waals surface area contributed by atoms with Crippen LogP contribution in [0.3, 0.4) is 0 Å². The summed E-state index contributed by atoms with van der Waals surface area (Å²) < 4.78 is 99.2. The van der Waals surface area contributed by atoms with E-state index in [0.717, 1.165) is 88.1 Å². The minimum absolute atomic E-state index is 0.0229. The van der Waals surface area contributed by atoms with E-state index in [2.05, 4.69) is 71.2 Å². The Balaban J connectivity index is 0.000000132. The summed E-state index contributed by atoms with van der Waals surface area (Å²) in [5.74, 6) is 2.86. The summed E-state index contributed by atoms with van der Waals surface area (Å²) in [6, 6.07) is 32.0. The highest BCUT2D eigenvalue weighted by Gasteiger charge is 2.46. The molecule has 136 heavy (non-hydrogen) atoms. The fourth-order valence-electron chi connectivity index (χ4n) is 19.2. The molecule has 0 radical (unpaired) electrons. The van der Waals surface area contributed by atoms with Crippen LogP contribution in [0, 0.1) is 55.4 Å². The molecule has 0 bridgehead atoms. The average molecular weight is 1940 g/mol. The van der Waals surface area contributed by atoms with Crippen molar-refractivity contribution < 1.29 is 56.2 Å². The summed E-state index contributed by atoms with van der Waals surface area (Å²) in [6.45, 7) is 15.7. The standard InChI is InChI=1S/C26H28ClN5O2.C25H24ClF3N6O.C24H27ClN6O2.C23H21ClF3N5O/c1-15-9-11-20(16(2)29-15)26(33,22-14-28-31-32(22)3)18-10-12-21-19(13-18)24(27)23(25(30-21)34-4)17-7-5-6-8-17;1-14-5-7-19(15(2)31-14)25(36,21-13-30-33-34(21)3)16-6-8-20-17(11-16)22(26)18(12-24(27,28)29)23(32-20)35-9-4-10-35;1-14-26-12-19(30(14)2)24(32,20-13-27-29-31(20)3)16-9-10-18-17(11-16)22(25)21(23(28-18)33-4)15-7-5-6-8-15;1-12-5-7-18(14(3)29-12)23(33,20-11-28-31-32(20)4)15-6-8-19-16(9-15)21(24)17(13(2)30-19)10-22(25,26)27/h9-14,17,33H,5-8H2,1-4H3;5-8,11,13,36H,4,9-10,12H2,1-3H3;9-13,15,32H,5-8H2,1-4H3;5-9,11,33H,10H2,1-4H3. The molecule has 4 aromatic carbocycles. The van der Waals surface area contributed by atoms with Crippen LogP contribution in [-0.2, 0) is 70.5 Å². The Morgan fingerprint density at radius 1 is 0.368 bits per heavy atom. The number of imidazole rings is 1. The first-order chi connectivity index (χ1) is 64.6. The number of hydrogen-bond acceptors (Lipinski definition) is 23. The number of pyridine rings is 7. The van der Waals surface area contributed by atoms with Gasteiger partial charge < -0.3 is 39.4 Å². The largest absolute Gasteiger partial charge is 0.481 e. The van der Waals surface area contributed by atoms with Crippen molar-refractivity contribution in [2.24, 2.45) is 35.2 Å². The molecule has 38 heteroatoms. The molecule has 4 unspecified atom stereocenters. The predicted molar refractivity (Wildman–Crippen MR) is 505 cm³/mol. The summed E-state index contributed by atoms with van der Waals surface area (Å²) in [6.07, 6.45) is 6.33. The van der Waals surface area contributed by atoms with E-state index in [9.17, 15) is 46.8 Å². The maximum Gasteiger partial charge on any atom is 0.393 e. The molecular formula is C98H100Cl4F6N22O6. The Kier molecular flexibility index (Phi) is 27.1. The normalized spacial score (nSPS) is 15.6. The lowest BCUT2D eigenvalue weighted by atomic mass is 9.82. The number of rotatable bonds is 19. The van der Waals surface area contributed by atoms with Crippen molar-refractivity contribution >= 4 is 95.8 Å². The number of methoxy groups -OCH3 is 2. The van der Waals surface area contributed by atoms with Gasteiger partial charge in [-0.25, -0.2) is 38.7 Å². The van der Waals surface area contributed by atoms with Gasteiger partial charge in [0.05, 0.1) is 123 Å². The molecule has 0 spiro atoms. The highest BCUT2D eigenvalue weighted by molar-refractivity contribution is 6.38. The maximum absolute atomic E-state index is 13.5. The number of anilines is 1. The first-order valence-corrected chi connectivity index (χ1v) is 45.7. The van der Waals surface area contributed by atoms with Crippen molar-refractivity contribution in [3.05, 3.63) is 296 Å². The quantitative estimate of drug-likeness (QED) is 0.0546. The molecule has 4 atom stereocenters. The van der Waals surface area contributed by atoms with Gasteiger partial charge in [-0.05, 0) is 188 Å². The van der Waals surface area contributed by atoms with Gasteiger partial charge in [-0.15, -0.1) is 20.4 Å². The van der Waals surface area contributed by atoms with Gasteiger partial charge in [0.1, 0.15) is 17.3 Å². The monoisotopic (exact) mass is 1930 g/mol. The van der Waals surface area contributed by atoms with Gasteiger partial charge in [-0.1, -0.05) is 135 Å². The van der Waals surface area contributed by atoms with Crippen LogP contribution in [0.4, 0.5) is 32.2 Å². The fourth-order valence-corrected chi connectivity index (χ4v) is 20.7. The number of nitrogens with zero attached hydrogens (tertiary/aromatic N) is 22. The van der Waals surface area contributed by atoms with Crippen LogP contribution in [-0.4, -0.2) is 165 Å². The maximum atomic E-state index is 13.5. The number of aryl methyl sites for hydroxylation is 12. The van der Waals surface area contributed by atoms with E-state index in [1.807, 2.05) is 94.8 Å². The lowest BCUT2D eigenvalue weighted by molar-refractivity contribution is -0.128. The molecule has 708 valence electrons. The van der Waals surface area contributed by atoms with Crippen molar-refractivity contribution in [3.63, 3.8) is 0 Å². The van der Waals surface area contributed by atoms with Crippen LogP contribution in [0.1, 0.15) is 205 Å². The van der Waals surface area contributed by atoms with Gasteiger partial charge in [0.15, 0.2) is 22.4 Å². The summed E-state index contributed by atoms with van der Waals surface area (Å²) in [5.41, 5.74) is 8.16. The van der Waals surface area contributed by atoms with Crippen molar-refractivity contribution in [1.29, 1.82) is 0 Å². The molecule has 19 rings (SSSR count). The molecule has 12 aromatic heterocycles. The number of ether oxygens (including phenoxy) is 2. The van der Waals surface area contributed by atoms with E-state index < -0.39 is 47.6 Å². The van der Waals surface area contributed by atoms with Gasteiger partial charge in [0.2, 0.25) is 11.8 Å². The van der Waals surface area contributed by atoms with Crippen molar-refractivity contribution in [1.82, 2.24) is 104 Å². The Bertz CT molecular complexity index is 7250. The molecular weight excluding hydrogens is 1840 g/mol. The fraction of sp³-hybridized carbons (Fsp3) is 0.367. The molecule has 2 aliphatic carbocycles. The summed E-state index contributed by atoms with van der Waals surface area (Å²) in [7, 11) is 12.0. The van der Waals surface area contributed by atoms with Gasteiger partial charge in [0, 0.05) is 149 Å². The SMILES string of the molecule is COc1nc2ccc(C(O)(c3ccc(C)nc3C)c3cnnn3C)cc2c(Cl)c1C1CCCC1.COc1nc2ccc(C(O)(c3cnnn3C)c3cnc(C)n3C)cc2c(Cl)c1C1CCCC1.Cc1ccc(C(O)(c2ccc3nc(C)c(CC(F)(F)F)c(Cl)c3c2)c2cnnn2C)c(C)n1.Cc1ccc(C(O)(c2ccc3nc(N4CCC4)c(CC(F)(F)F)c(Cl)c3c2)c2cnnn2C)c(C)n1. The lowest BCUT2D eigenvalue weighted by Crippen LogP contribution is -2.38. The highest BCUT2D eigenvalue weighted by atomic mass is 35.5. The molecule has 3 fully saturated rings. The van der Waals surface area contributed by atoms with E-state index >= 15 is 0 Å². The molecule has 16 aromatic rings. The number of halogens is 10. The minimum Gasteiger partial charge on any atom is -0.481 e. The van der Waals surface area contributed by atoms with Crippen LogP contribution >= 0.6 is 46.4 Å². The minimum atomic E-state index is -4.46. The van der Waals surface area contributed by atoms with Crippen LogP contribution < -0.4 is 14.4 Å². The van der Waals surface area contributed by atoms with Gasteiger partial charge in [-0.3, -0.25) is 19.9 Å². The van der Waals surface area contributed by atoms with Crippen molar-refractivity contribution in [2.45, 2.75) is 173 Å². The number of aromatic nitrogens is 21. The molecule has 1 aliphatic heterocycles. The lowest BCUT2D eigenvalue weighted by Gasteiger charge is -2.34. The van der Waals surface area contributed by atoms with E-state index in [1.54, 1.807) is 150 Å². The summed E-state index contributed by atoms with van der Waals surface area (Å²) in [4.78, 5) is 38.2. The van der Waals surface area contributed by atoms with Crippen LogP contribution in [0.15, 0.2) is 140 Å². The third-order valence-corrected chi connectivity index (χ3v) is 28.0. The number of benzene rings is 4. The third-order valence-electron chi connectivity index (χ3n) is 26.3. The molecule has 1 saturated heterocycles. The second kappa shape index (κ2) is 38.0. The molecule has 28 nitrogen and oxygen atoms in total. The smallest absolute Gasteiger partial charge is 0.393 e. The molecule has 2 saturated carbocycles. The number of alkyl halides is 6. The van der Waals surface area contributed by atoms with Gasteiger partial charge >= 0.3 is 12.4 Å². The molecule has 3 aliphatic rings. The predicted octanol–water partition coefficient (Wildman–Crippen LogP) is 18.3. The number of hydrogen-bond donors (Lipinski definition) is 4. The zero-order valence-electron chi connectivity index (χ0n) is 77.3. The summed E-state index contributed by atoms with van der Waals surface area (Å²) >= 11 is 27.2. The van der Waals surface area contributed by atoms with E-state index in [4.69, 9.17) is 65.8 Å². The van der Waals surface area contributed by atoms with Crippen molar-refractivity contribution in [2.75, 3.05) is 32.2 Å². The Labute approximate surface area is 799 Å². The average Bonchev–Trinajstić information content (AvgIpc) is 1.30. The first kappa shape index (κ1) is 96.8. The van der Waals surface area contributed by atoms with Crippen LogP contribution in [0.5, 0.6) is 11.8 Å². The highest BCUT2D eigenvalue weighted by Crippen LogP contribution is 2.51. The zero-order valence-corrected chi connectivity index (χ0v) is 80.4. The third kappa shape index (κ3) is 18.0. The van der Waals surface area contributed by atoms with Crippen LogP contribution in [0.2, 0.25) is 20.1 Å². The van der Waals surface area contributed by atoms with Gasteiger partial charge in [0.25, 0.3) is 0 Å². The van der Waals surface area contributed by atoms with Crippen LogP contribution in [0.25, 0.3) is 43.6 Å². The van der Waals surface area contributed by atoms with Crippen molar-refractivity contribution in [3.8, 4) is 11.8 Å². The first-order valence-electron chi connectivity index (χ1n) is 44.2. The molecule has 13 heterocycles. The Morgan fingerprint density at radius 3 is 1.00 bits per heavy atom. The number of fused-ring (bicyclic) bond motifs is 4. The molecule has 0 amide bonds. The second-order valence-electron chi connectivity index (χ2n) is 35.0.